The van der Waals surface area contributed by atoms with Crippen molar-refractivity contribution in [2.75, 3.05) is 7.11 Å². The van der Waals surface area contributed by atoms with Crippen LogP contribution < -0.4 is 4.74 Å². The number of carbonyl (C=O) groups is 1. The molecule has 2 rings (SSSR count). The van der Waals surface area contributed by atoms with Crippen molar-refractivity contribution in [2.45, 2.75) is 19.8 Å². The number of nitriles is 1. The number of nitrogens with zero attached hydrogens (tertiary/aromatic N) is 1. The Labute approximate surface area is 107 Å². The average molecular weight is 241 g/mol. The van der Waals surface area contributed by atoms with Gasteiger partial charge in [0.2, 0.25) is 0 Å². The van der Waals surface area contributed by atoms with Gasteiger partial charge < -0.3 is 4.74 Å². The Morgan fingerprint density at radius 1 is 1.33 bits per heavy atom. The van der Waals surface area contributed by atoms with Gasteiger partial charge in [-0.25, -0.2) is 0 Å². The number of carbonyl (C=O) groups excluding carboxylic acids is 1. The smallest absolute Gasteiger partial charge is 0.175 e. The predicted octanol–water partition coefficient (Wildman–Crippen LogP) is 2.97. The first-order chi connectivity index (χ1) is 8.59. The van der Waals surface area contributed by atoms with Crippen LogP contribution >= 0.6 is 0 Å². The van der Waals surface area contributed by atoms with Crippen molar-refractivity contribution in [1.82, 2.24) is 0 Å². The minimum atomic E-state index is -0.851. The van der Waals surface area contributed by atoms with E-state index in [0.717, 1.165) is 23.3 Å². The molecule has 0 unspecified atom stereocenters. The summed E-state index contributed by atoms with van der Waals surface area (Å²) in [6.07, 6.45) is 2.94. The fourth-order valence-corrected chi connectivity index (χ4v) is 2.04. The Hall–Kier alpha value is -2.08. The summed E-state index contributed by atoms with van der Waals surface area (Å²) in [5, 5.41) is 9.03. The first-order valence-corrected chi connectivity index (χ1v) is 5.90. The Morgan fingerprint density at radius 3 is 2.50 bits per heavy atom. The minimum Gasteiger partial charge on any atom is -0.497 e. The molecule has 1 atom stereocenters. The van der Waals surface area contributed by atoms with E-state index >= 15 is 0 Å². The monoisotopic (exact) mass is 241 g/mol. The first kappa shape index (κ1) is 12.4. The van der Waals surface area contributed by atoms with Gasteiger partial charge in [0.05, 0.1) is 13.2 Å². The third-order valence-electron chi connectivity index (χ3n) is 3.45. The van der Waals surface area contributed by atoms with Crippen LogP contribution in [0.3, 0.4) is 0 Å². The third kappa shape index (κ3) is 2.14. The first-order valence-electron chi connectivity index (χ1n) is 5.90. The highest BCUT2D eigenvalue weighted by Gasteiger charge is 2.35. The molecule has 0 radical (unpaired) electrons. The van der Waals surface area contributed by atoms with Crippen molar-refractivity contribution in [1.29, 1.82) is 5.26 Å². The molecule has 92 valence electrons. The summed E-state index contributed by atoms with van der Waals surface area (Å²) in [7, 11) is 1.62. The predicted molar refractivity (Wildman–Crippen MR) is 68.9 cm³/mol. The van der Waals surface area contributed by atoms with Gasteiger partial charge >= 0.3 is 0 Å². The standard InChI is InChI=1S/C15H15NO2/c1-15(10-16)8-7-12(9-14(15)17)11-3-5-13(18-2)6-4-11/h3-6,9H,7-8H2,1-2H3/t15-/m0/s1. The fraction of sp³-hybridized carbons (Fsp3) is 0.333. The maximum absolute atomic E-state index is 11.9. The second-order valence-electron chi connectivity index (χ2n) is 4.71. The van der Waals surface area contributed by atoms with Crippen molar-refractivity contribution >= 4 is 11.4 Å². The van der Waals surface area contributed by atoms with E-state index in [2.05, 4.69) is 6.07 Å². The van der Waals surface area contributed by atoms with Crippen LogP contribution in [0.1, 0.15) is 25.3 Å². The van der Waals surface area contributed by atoms with Crippen LogP contribution in [0.4, 0.5) is 0 Å². The number of rotatable bonds is 2. The van der Waals surface area contributed by atoms with Gasteiger partial charge in [-0.3, -0.25) is 4.79 Å². The summed E-state index contributed by atoms with van der Waals surface area (Å²) in [5.41, 5.74) is 1.16. The number of hydrogen-bond donors (Lipinski definition) is 0. The Morgan fingerprint density at radius 2 is 2.00 bits per heavy atom. The van der Waals surface area contributed by atoms with E-state index in [0.29, 0.717) is 6.42 Å². The van der Waals surface area contributed by atoms with Crippen molar-refractivity contribution < 1.29 is 9.53 Å². The molecule has 1 aliphatic rings. The third-order valence-corrected chi connectivity index (χ3v) is 3.45. The average Bonchev–Trinajstić information content (AvgIpc) is 2.42. The molecule has 0 heterocycles. The minimum absolute atomic E-state index is 0.0953. The highest BCUT2D eigenvalue weighted by atomic mass is 16.5. The Bertz CT molecular complexity index is 537. The zero-order chi connectivity index (χ0) is 13.2. The fourth-order valence-electron chi connectivity index (χ4n) is 2.04. The van der Waals surface area contributed by atoms with E-state index in [1.54, 1.807) is 20.1 Å². The van der Waals surface area contributed by atoms with E-state index in [1.165, 1.54) is 0 Å². The molecule has 1 aliphatic carbocycles. The molecule has 3 nitrogen and oxygen atoms in total. The number of benzene rings is 1. The SMILES string of the molecule is COc1ccc(C2=CC(=O)[C@](C)(C#N)CC2)cc1. The number of ketones is 1. The zero-order valence-corrected chi connectivity index (χ0v) is 10.6. The van der Waals surface area contributed by atoms with Crippen LogP contribution in [0.5, 0.6) is 5.75 Å². The molecule has 0 fully saturated rings. The van der Waals surface area contributed by atoms with E-state index in [9.17, 15) is 4.79 Å². The van der Waals surface area contributed by atoms with Crippen LogP contribution in [-0.4, -0.2) is 12.9 Å². The molecule has 0 N–H and O–H groups in total. The topological polar surface area (TPSA) is 50.1 Å². The molecule has 0 spiro atoms. The van der Waals surface area contributed by atoms with Crippen LogP contribution in [0.2, 0.25) is 0 Å². The number of methoxy groups -OCH3 is 1. The van der Waals surface area contributed by atoms with Gasteiger partial charge in [-0.2, -0.15) is 5.26 Å². The van der Waals surface area contributed by atoms with E-state index in [1.807, 2.05) is 24.3 Å². The largest absolute Gasteiger partial charge is 0.497 e. The van der Waals surface area contributed by atoms with E-state index in [-0.39, 0.29) is 5.78 Å². The van der Waals surface area contributed by atoms with Gasteiger partial charge in [-0.1, -0.05) is 12.1 Å². The second kappa shape index (κ2) is 4.66. The molecule has 0 amide bonds. The molecule has 3 heteroatoms. The highest BCUT2D eigenvalue weighted by Crippen LogP contribution is 2.35. The lowest BCUT2D eigenvalue weighted by molar-refractivity contribution is -0.121. The van der Waals surface area contributed by atoms with Gasteiger partial charge in [0.25, 0.3) is 0 Å². The van der Waals surface area contributed by atoms with Crippen LogP contribution in [0.25, 0.3) is 5.57 Å². The van der Waals surface area contributed by atoms with Gasteiger partial charge in [0, 0.05) is 0 Å². The molecule has 0 saturated carbocycles. The summed E-state index contributed by atoms with van der Waals surface area (Å²) in [6.45, 7) is 1.70. The van der Waals surface area contributed by atoms with Crippen LogP contribution in [-0.2, 0) is 4.79 Å². The quantitative estimate of drug-likeness (QED) is 0.799. The van der Waals surface area contributed by atoms with Gasteiger partial charge in [0.15, 0.2) is 5.78 Å². The number of allylic oxidation sites excluding steroid dienone is 2. The van der Waals surface area contributed by atoms with Crippen molar-refractivity contribution in [3.8, 4) is 11.8 Å². The molecule has 0 aliphatic heterocycles. The lowest BCUT2D eigenvalue weighted by Gasteiger charge is -2.24. The Balaban J connectivity index is 2.28. The van der Waals surface area contributed by atoms with Crippen molar-refractivity contribution in [3.05, 3.63) is 35.9 Å². The number of hydrogen-bond acceptors (Lipinski definition) is 3. The second-order valence-corrected chi connectivity index (χ2v) is 4.71. The van der Waals surface area contributed by atoms with Crippen LogP contribution in [0.15, 0.2) is 30.3 Å². The maximum atomic E-state index is 11.9. The molecular weight excluding hydrogens is 226 g/mol. The van der Waals surface area contributed by atoms with Crippen molar-refractivity contribution in [3.63, 3.8) is 0 Å². The van der Waals surface area contributed by atoms with E-state index in [4.69, 9.17) is 10.00 Å². The van der Waals surface area contributed by atoms with E-state index < -0.39 is 5.41 Å². The van der Waals surface area contributed by atoms with Gasteiger partial charge in [-0.05, 0) is 49.1 Å². The van der Waals surface area contributed by atoms with Crippen LogP contribution in [0, 0.1) is 16.7 Å². The summed E-state index contributed by atoms with van der Waals surface area (Å²) < 4.78 is 5.10. The molecule has 0 bridgehead atoms. The molecular formula is C15H15NO2. The summed E-state index contributed by atoms with van der Waals surface area (Å²) >= 11 is 0. The van der Waals surface area contributed by atoms with Crippen molar-refractivity contribution in [2.24, 2.45) is 5.41 Å². The number of ether oxygens (including phenoxy) is 1. The lowest BCUT2D eigenvalue weighted by atomic mass is 9.75. The highest BCUT2D eigenvalue weighted by molar-refractivity contribution is 6.03. The summed E-state index contributed by atoms with van der Waals surface area (Å²) in [5.74, 6) is 0.699. The molecule has 0 saturated heterocycles. The summed E-state index contributed by atoms with van der Waals surface area (Å²) in [4.78, 5) is 11.9. The summed E-state index contributed by atoms with van der Waals surface area (Å²) in [6, 6.07) is 9.73. The molecule has 0 aromatic heterocycles. The molecule has 18 heavy (non-hydrogen) atoms. The maximum Gasteiger partial charge on any atom is 0.175 e. The molecule has 1 aromatic carbocycles. The van der Waals surface area contributed by atoms with Gasteiger partial charge in [0.1, 0.15) is 11.2 Å². The zero-order valence-electron chi connectivity index (χ0n) is 10.6. The van der Waals surface area contributed by atoms with Gasteiger partial charge in [-0.15, -0.1) is 0 Å². The normalized spacial score (nSPS) is 23.2. The lowest BCUT2D eigenvalue weighted by Crippen LogP contribution is -2.27. The molecule has 1 aromatic rings. The Kier molecular flexibility index (Phi) is 3.20.